The van der Waals surface area contributed by atoms with Crippen LogP contribution in [0.1, 0.15) is 54.4 Å². The molecule has 1 aromatic carbocycles. The van der Waals surface area contributed by atoms with E-state index in [1.807, 2.05) is 64.6 Å². The lowest BCUT2D eigenvalue weighted by Crippen LogP contribution is -2.65. The van der Waals surface area contributed by atoms with Crippen molar-refractivity contribution in [3.8, 4) is 5.75 Å². The highest BCUT2D eigenvalue weighted by molar-refractivity contribution is 5.80. The fourth-order valence-corrected chi connectivity index (χ4v) is 4.18. The Balaban J connectivity index is 1.75. The standard InChI is InChI=1S/C23H33NO8/c1-16(2)19(25)24-22(3,4)14-18(15-23(24,5)6)30-21(27)32-31-20(26)29-13-12-28-17-10-8-7-9-11-17/h7-11,16,18H,12-15H2,1-6H3. The predicted octanol–water partition coefficient (Wildman–Crippen LogP) is 4.49. The fraction of sp³-hybridized carbons (Fsp3) is 0.609. The van der Waals surface area contributed by atoms with E-state index in [4.69, 9.17) is 14.2 Å². The fourth-order valence-electron chi connectivity index (χ4n) is 4.18. The van der Waals surface area contributed by atoms with Crippen LogP contribution in [-0.2, 0) is 24.0 Å². The maximum absolute atomic E-state index is 12.7. The minimum atomic E-state index is -1.18. The van der Waals surface area contributed by atoms with Crippen molar-refractivity contribution in [2.24, 2.45) is 5.92 Å². The predicted molar refractivity (Wildman–Crippen MR) is 115 cm³/mol. The first-order chi connectivity index (χ1) is 14.9. The van der Waals surface area contributed by atoms with Crippen molar-refractivity contribution in [1.82, 2.24) is 4.90 Å². The number of amides is 1. The first-order valence-corrected chi connectivity index (χ1v) is 10.7. The van der Waals surface area contributed by atoms with Crippen LogP contribution in [0.15, 0.2) is 30.3 Å². The van der Waals surface area contributed by atoms with Gasteiger partial charge in [-0.1, -0.05) is 32.0 Å². The quantitative estimate of drug-likeness (QED) is 0.270. The molecule has 1 saturated heterocycles. The van der Waals surface area contributed by atoms with Gasteiger partial charge in [0.1, 0.15) is 25.1 Å². The minimum absolute atomic E-state index is 0.0448. The highest BCUT2D eigenvalue weighted by atomic mass is 17.3. The zero-order chi connectivity index (χ0) is 23.9. The van der Waals surface area contributed by atoms with Crippen LogP contribution < -0.4 is 4.74 Å². The summed E-state index contributed by atoms with van der Waals surface area (Å²) in [5.41, 5.74) is -1.07. The number of carbonyl (C=O) groups excluding carboxylic acids is 3. The lowest BCUT2D eigenvalue weighted by Gasteiger charge is -2.55. The molecule has 9 heteroatoms. The summed E-state index contributed by atoms with van der Waals surface area (Å²) >= 11 is 0. The summed E-state index contributed by atoms with van der Waals surface area (Å²) < 4.78 is 15.5. The Hall–Kier alpha value is -2.97. The van der Waals surface area contributed by atoms with Gasteiger partial charge in [-0.3, -0.25) is 4.79 Å². The lowest BCUT2D eigenvalue weighted by atomic mass is 9.77. The Bertz CT molecular complexity index is 772. The first kappa shape index (κ1) is 25.3. The van der Waals surface area contributed by atoms with Gasteiger partial charge in [0.2, 0.25) is 5.91 Å². The average Bonchev–Trinajstić information content (AvgIpc) is 2.68. The van der Waals surface area contributed by atoms with Crippen LogP contribution in [0, 0.1) is 5.92 Å². The number of carbonyl (C=O) groups is 3. The van der Waals surface area contributed by atoms with E-state index in [9.17, 15) is 14.4 Å². The maximum Gasteiger partial charge on any atom is 0.550 e. The maximum atomic E-state index is 12.7. The number of benzene rings is 1. The zero-order valence-corrected chi connectivity index (χ0v) is 19.6. The zero-order valence-electron chi connectivity index (χ0n) is 19.6. The summed E-state index contributed by atoms with van der Waals surface area (Å²) in [4.78, 5) is 46.9. The van der Waals surface area contributed by atoms with E-state index in [2.05, 4.69) is 9.78 Å². The number of hydrogen-bond acceptors (Lipinski definition) is 8. The van der Waals surface area contributed by atoms with E-state index in [1.165, 1.54) is 0 Å². The molecule has 0 saturated carbocycles. The number of para-hydroxylation sites is 1. The molecule has 2 rings (SSSR count). The number of rotatable bonds is 6. The molecule has 0 atom stereocenters. The summed E-state index contributed by atoms with van der Waals surface area (Å²) in [7, 11) is 0. The Morgan fingerprint density at radius 1 is 0.938 bits per heavy atom. The Kier molecular flexibility index (Phi) is 8.35. The second-order valence-corrected chi connectivity index (χ2v) is 9.28. The first-order valence-electron chi connectivity index (χ1n) is 10.7. The molecule has 0 spiro atoms. The Morgan fingerprint density at radius 3 is 2.06 bits per heavy atom. The van der Waals surface area contributed by atoms with Crippen molar-refractivity contribution < 1.29 is 38.4 Å². The van der Waals surface area contributed by atoms with E-state index in [0.717, 1.165) is 0 Å². The summed E-state index contributed by atoms with van der Waals surface area (Å²) in [6, 6.07) is 9.02. The third kappa shape index (κ3) is 7.03. The summed E-state index contributed by atoms with van der Waals surface area (Å²) in [5, 5.41) is 0. The average molecular weight is 452 g/mol. The van der Waals surface area contributed by atoms with E-state index >= 15 is 0 Å². The number of likely N-dealkylation sites (tertiary alicyclic amines) is 1. The van der Waals surface area contributed by atoms with Gasteiger partial charge in [0.15, 0.2) is 0 Å². The molecule has 1 heterocycles. The third-order valence-corrected chi connectivity index (χ3v) is 5.14. The van der Waals surface area contributed by atoms with Gasteiger partial charge in [0.05, 0.1) is 0 Å². The molecule has 0 N–H and O–H groups in total. The molecule has 1 amide bonds. The van der Waals surface area contributed by atoms with Crippen molar-refractivity contribution in [3.63, 3.8) is 0 Å². The van der Waals surface area contributed by atoms with Crippen LogP contribution in [0.5, 0.6) is 5.75 Å². The molecule has 0 aliphatic carbocycles. The summed E-state index contributed by atoms with van der Waals surface area (Å²) in [6.07, 6.45) is -2.00. The van der Waals surface area contributed by atoms with Crippen LogP contribution in [0.2, 0.25) is 0 Å². The van der Waals surface area contributed by atoms with Crippen molar-refractivity contribution >= 4 is 18.2 Å². The topological polar surface area (TPSA) is 101 Å². The highest BCUT2D eigenvalue weighted by Gasteiger charge is 2.49. The molecule has 1 aromatic rings. The van der Waals surface area contributed by atoms with Gasteiger partial charge in [-0.2, -0.15) is 19.4 Å². The number of ether oxygens (including phenoxy) is 3. The highest BCUT2D eigenvalue weighted by Crippen LogP contribution is 2.40. The van der Waals surface area contributed by atoms with Crippen LogP contribution >= 0.6 is 0 Å². The summed E-state index contributed by atoms with van der Waals surface area (Å²) in [6.45, 7) is 11.5. The molecule has 0 aromatic heterocycles. The van der Waals surface area contributed by atoms with Gasteiger partial charge >= 0.3 is 12.3 Å². The molecule has 1 aliphatic rings. The molecule has 178 valence electrons. The molecule has 9 nitrogen and oxygen atoms in total. The van der Waals surface area contributed by atoms with Gasteiger partial charge in [0, 0.05) is 29.8 Å². The normalized spacial score (nSPS) is 17.4. The van der Waals surface area contributed by atoms with Gasteiger partial charge in [-0.05, 0) is 39.8 Å². The Morgan fingerprint density at radius 2 is 1.50 bits per heavy atom. The molecule has 0 bridgehead atoms. The number of piperidine rings is 1. The monoisotopic (exact) mass is 451 g/mol. The van der Waals surface area contributed by atoms with Gasteiger partial charge < -0.3 is 19.1 Å². The molecular weight excluding hydrogens is 418 g/mol. The van der Waals surface area contributed by atoms with Crippen molar-refractivity contribution in [2.75, 3.05) is 13.2 Å². The van der Waals surface area contributed by atoms with E-state index < -0.39 is 29.5 Å². The smallest absolute Gasteiger partial charge is 0.490 e. The van der Waals surface area contributed by atoms with Gasteiger partial charge in [0.25, 0.3) is 0 Å². The number of nitrogens with zero attached hydrogens (tertiary/aromatic N) is 1. The molecule has 1 aliphatic heterocycles. The van der Waals surface area contributed by atoms with Crippen LogP contribution in [0.4, 0.5) is 9.59 Å². The Labute approximate surface area is 188 Å². The minimum Gasteiger partial charge on any atom is -0.490 e. The van der Waals surface area contributed by atoms with Gasteiger partial charge in [-0.25, -0.2) is 0 Å². The van der Waals surface area contributed by atoms with Crippen LogP contribution in [0.3, 0.4) is 0 Å². The molecule has 32 heavy (non-hydrogen) atoms. The van der Waals surface area contributed by atoms with Crippen molar-refractivity contribution in [3.05, 3.63) is 30.3 Å². The second kappa shape index (κ2) is 10.6. The van der Waals surface area contributed by atoms with E-state index in [1.54, 1.807) is 12.1 Å². The van der Waals surface area contributed by atoms with Crippen LogP contribution in [-0.4, -0.2) is 53.5 Å². The summed E-state index contributed by atoms with van der Waals surface area (Å²) in [5.74, 6) is 0.535. The van der Waals surface area contributed by atoms with E-state index in [-0.39, 0.29) is 25.0 Å². The largest absolute Gasteiger partial charge is 0.550 e. The second-order valence-electron chi connectivity index (χ2n) is 9.28. The molecule has 0 radical (unpaired) electrons. The molecular formula is C23H33NO8. The lowest BCUT2D eigenvalue weighted by molar-refractivity contribution is -0.226. The SMILES string of the molecule is CC(C)C(=O)N1C(C)(C)CC(OC(=O)OOC(=O)OCCOc2ccccc2)CC1(C)C. The van der Waals surface area contributed by atoms with Crippen molar-refractivity contribution in [1.29, 1.82) is 0 Å². The van der Waals surface area contributed by atoms with Gasteiger partial charge in [-0.15, -0.1) is 0 Å². The van der Waals surface area contributed by atoms with Crippen LogP contribution in [0.25, 0.3) is 0 Å². The van der Waals surface area contributed by atoms with E-state index in [0.29, 0.717) is 18.6 Å². The molecule has 1 fully saturated rings. The van der Waals surface area contributed by atoms with Crippen molar-refractivity contribution in [2.45, 2.75) is 71.6 Å². The number of hydrogen-bond donors (Lipinski definition) is 0. The molecule has 0 unspecified atom stereocenters. The third-order valence-electron chi connectivity index (χ3n) is 5.14.